The Morgan fingerprint density at radius 1 is 0.804 bits per heavy atom. The molecule has 2 heterocycles. The molecule has 0 saturated heterocycles. The topological polar surface area (TPSA) is 88.1 Å². The number of methoxy groups -OCH3 is 2. The molecule has 0 unspecified atom stereocenters. The van der Waals surface area contributed by atoms with Gasteiger partial charge in [0.05, 0.1) is 49.7 Å². The van der Waals surface area contributed by atoms with E-state index >= 15 is 0 Å². The van der Waals surface area contributed by atoms with Gasteiger partial charge in [-0.1, -0.05) is 80.6 Å². The fourth-order valence-corrected chi connectivity index (χ4v) is 7.18. The van der Waals surface area contributed by atoms with Crippen molar-refractivity contribution < 1.29 is 19.1 Å². The van der Waals surface area contributed by atoms with E-state index in [4.69, 9.17) is 9.47 Å². The van der Waals surface area contributed by atoms with Crippen molar-refractivity contribution in [3.05, 3.63) is 108 Å². The Labute approximate surface area is 280 Å². The Kier molecular flexibility index (Phi) is 12.9. The zero-order chi connectivity index (χ0) is 32.9. The van der Waals surface area contributed by atoms with E-state index < -0.39 is 12.2 Å². The Morgan fingerprint density at radius 3 is 1.59 bits per heavy atom. The Bertz CT molecular complexity index is 1380. The van der Waals surface area contributed by atoms with Crippen LogP contribution < -0.4 is 9.80 Å². The molecule has 4 rings (SSSR count). The number of allylic oxidation sites excluding steroid dienone is 1. The number of rotatable bonds is 16. The monoisotopic (exact) mass is 661 g/mol. The Morgan fingerprint density at radius 2 is 1.24 bits per heavy atom. The first-order chi connectivity index (χ1) is 22.2. The van der Waals surface area contributed by atoms with Gasteiger partial charge in [-0.2, -0.15) is 0 Å². The Hall–Kier alpha value is -4.06. The minimum Gasteiger partial charge on any atom is -0.452 e. The first-order valence-electron chi connectivity index (χ1n) is 15.2. The zero-order valence-electron chi connectivity index (χ0n) is 27.0. The van der Waals surface area contributed by atoms with Gasteiger partial charge in [0.2, 0.25) is 0 Å². The summed E-state index contributed by atoms with van der Waals surface area (Å²) in [5.41, 5.74) is 5.48. The van der Waals surface area contributed by atoms with Gasteiger partial charge in [0.25, 0.3) is 0 Å². The molecule has 244 valence electrons. The summed E-state index contributed by atoms with van der Waals surface area (Å²) in [6.07, 6.45) is 6.42. The number of carbonyl (C=O) groups is 2. The van der Waals surface area contributed by atoms with E-state index in [1.165, 1.54) is 36.9 Å². The molecule has 46 heavy (non-hydrogen) atoms. The summed E-state index contributed by atoms with van der Waals surface area (Å²) in [6.45, 7) is 10.1. The van der Waals surface area contributed by atoms with Gasteiger partial charge in [-0.3, -0.25) is 24.7 Å². The molecule has 4 aromatic rings. The molecule has 0 radical (unpaired) electrons. The molecule has 0 fully saturated rings. The highest BCUT2D eigenvalue weighted by atomic mass is 32.1. The van der Waals surface area contributed by atoms with E-state index in [-0.39, 0.29) is 17.5 Å². The molecular formula is C35H43N5O4S2. The van der Waals surface area contributed by atoms with Crippen LogP contribution in [0.3, 0.4) is 0 Å². The van der Waals surface area contributed by atoms with E-state index in [2.05, 4.69) is 59.6 Å². The van der Waals surface area contributed by atoms with Crippen LogP contribution in [0.25, 0.3) is 0 Å². The van der Waals surface area contributed by atoms with Crippen LogP contribution in [0.1, 0.15) is 31.4 Å². The number of nitrogens with zero attached hydrogens (tertiary/aromatic N) is 5. The molecule has 2 aromatic heterocycles. The first-order valence-corrected chi connectivity index (χ1v) is 16.9. The predicted octanol–water partition coefficient (Wildman–Crippen LogP) is 7.57. The van der Waals surface area contributed by atoms with Gasteiger partial charge in [0, 0.05) is 19.6 Å². The van der Waals surface area contributed by atoms with Crippen molar-refractivity contribution in [1.82, 2.24) is 14.9 Å². The summed E-state index contributed by atoms with van der Waals surface area (Å²) in [7, 11) is 2.81. The molecule has 0 aliphatic carbocycles. The van der Waals surface area contributed by atoms with Gasteiger partial charge in [-0.15, -0.1) is 29.3 Å². The summed E-state index contributed by atoms with van der Waals surface area (Å²) < 4.78 is 10.7. The number of aromatic nitrogens is 2. The summed E-state index contributed by atoms with van der Waals surface area (Å²) in [6, 6.07) is 19.7. The highest BCUT2D eigenvalue weighted by Crippen LogP contribution is 2.30. The fourth-order valence-electron chi connectivity index (χ4n) is 5.80. The second-order valence-electron chi connectivity index (χ2n) is 11.9. The maximum absolute atomic E-state index is 13.4. The van der Waals surface area contributed by atoms with Crippen LogP contribution in [-0.4, -0.2) is 73.0 Å². The molecule has 0 bridgehead atoms. The fraction of sp³-hybridized carbons (Fsp3) is 0.371. The molecular weight excluding hydrogens is 619 g/mol. The number of hydrogen-bond donors (Lipinski definition) is 0. The van der Waals surface area contributed by atoms with Gasteiger partial charge >= 0.3 is 12.2 Å². The number of anilines is 2. The average molecular weight is 662 g/mol. The molecule has 2 aromatic carbocycles. The SMILES string of the molecule is C=CCC(C)(C)CN(C[C@H](Cc1ccccc1)N(C(=O)OC)c1cncs1)C[C@H](Cc1ccccc1)N(C(=O)OC)c1cncs1. The summed E-state index contributed by atoms with van der Waals surface area (Å²) >= 11 is 2.79. The lowest BCUT2D eigenvalue weighted by atomic mass is 9.88. The lowest BCUT2D eigenvalue weighted by Gasteiger charge is -2.40. The Balaban J connectivity index is 1.79. The number of benzene rings is 2. The van der Waals surface area contributed by atoms with Crippen molar-refractivity contribution in [2.75, 3.05) is 43.7 Å². The molecule has 11 heteroatoms. The minimum absolute atomic E-state index is 0.141. The normalized spacial score (nSPS) is 12.7. The van der Waals surface area contributed by atoms with Gasteiger partial charge in [-0.05, 0) is 35.8 Å². The van der Waals surface area contributed by atoms with Crippen LogP contribution in [0, 0.1) is 5.41 Å². The summed E-state index contributed by atoms with van der Waals surface area (Å²) in [5, 5.41) is 1.42. The van der Waals surface area contributed by atoms with Crippen molar-refractivity contribution in [1.29, 1.82) is 0 Å². The molecule has 0 aliphatic rings. The van der Waals surface area contributed by atoms with E-state index in [0.29, 0.717) is 42.5 Å². The molecule has 0 spiro atoms. The van der Waals surface area contributed by atoms with Crippen molar-refractivity contribution >= 4 is 44.9 Å². The van der Waals surface area contributed by atoms with E-state index in [9.17, 15) is 9.59 Å². The average Bonchev–Trinajstić information content (AvgIpc) is 3.77. The molecule has 0 N–H and O–H groups in total. The quantitative estimate of drug-likeness (QED) is 0.115. The molecule has 9 nitrogen and oxygen atoms in total. The van der Waals surface area contributed by atoms with Crippen molar-refractivity contribution in [2.24, 2.45) is 5.41 Å². The predicted molar refractivity (Wildman–Crippen MR) is 187 cm³/mol. The van der Waals surface area contributed by atoms with Crippen LogP contribution in [-0.2, 0) is 22.3 Å². The highest BCUT2D eigenvalue weighted by Gasteiger charge is 2.35. The second-order valence-corrected chi connectivity index (χ2v) is 13.6. The smallest absolute Gasteiger partial charge is 0.415 e. The molecule has 2 atom stereocenters. The van der Waals surface area contributed by atoms with Crippen molar-refractivity contribution in [2.45, 2.75) is 45.2 Å². The van der Waals surface area contributed by atoms with Crippen LogP contribution in [0.5, 0.6) is 0 Å². The number of ether oxygens (including phenoxy) is 2. The number of carbonyl (C=O) groups excluding carboxylic acids is 2. The summed E-state index contributed by atoms with van der Waals surface area (Å²) in [4.78, 5) is 41.2. The summed E-state index contributed by atoms with van der Waals surface area (Å²) in [5.74, 6) is 0. The first kappa shape index (κ1) is 34.8. The third kappa shape index (κ3) is 9.72. The molecule has 2 amide bonds. The minimum atomic E-state index is -0.447. The number of thiazole rings is 2. The maximum Gasteiger partial charge on any atom is 0.415 e. The molecule has 0 aliphatic heterocycles. The van der Waals surface area contributed by atoms with Gasteiger partial charge < -0.3 is 9.47 Å². The van der Waals surface area contributed by atoms with Crippen molar-refractivity contribution in [3.63, 3.8) is 0 Å². The largest absolute Gasteiger partial charge is 0.452 e. The van der Waals surface area contributed by atoms with Crippen LogP contribution in [0.4, 0.5) is 19.6 Å². The second kappa shape index (κ2) is 17.0. The highest BCUT2D eigenvalue weighted by molar-refractivity contribution is 7.14. The van der Waals surface area contributed by atoms with Crippen LogP contribution in [0.15, 0.2) is 96.7 Å². The number of amides is 2. The number of hydrogen-bond acceptors (Lipinski definition) is 9. The van der Waals surface area contributed by atoms with Crippen LogP contribution >= 0.6 is 22.7 Å². The third-order valence-corrected chi connectivity index (χ3v) is 9.24. The van der Waals surface area contributed by atoms with Crippen molar-refractivity contribution in [3.8, 4) is 0 Å². The lowest BCUT2D eigenvalue weighted by molar-refractivity contribution is 0.145. The van der Waals surface area contributed by atoms with E-state index in [1.807, 2.05) is 42.5 Å². The van der Waals surface area contributed by atoms with E-state index in [0.717, 1.165) is 17.5 Å². The zero-order valence-corrected chi connectivity index (χ0v) is 28.6. The van der Waals surface area contributed by atoms with Gasteiger partial charge in [-0.25, -0.2) is 9.59 Å². The lowest BCUT2D eigenvalue weighted by Crippen LogP contribution is -2.54. The molecule has 0 saturated carbocycles. The van der Waals surface area contributed by atoms with Gasteiger partial charge in [0.15, 0.2) is 0 Å². The maximum atomic E-state index is 13.4. The standard InChI is InChI=1S/C35H43N5O4S2/c1-6-17-35(2,3)24-38(22-29(18-27-13-9-7-10-14-27)39(33(41)43-4)31-20-36-25-45-31)23-30(19-28-15-11-8-12-16-28)40(34(42)44-5)32-21-37-26-46-32/h6-16,20-21,25-26,29-30H,1,17-19,22-24H2,2-5H3/t29-,30-/m0/s1. The third-order valence-electron chi connectivity index (χ3n) is 7.70. The van der Waals surface area contributed by atoms with E-state index in [1.54, 1.807) is 33.2 Å². The van der Waals surface area contributed by atoms with Gasteiger partial charge in [0.1, 0.15) is 10.0 Å². The van der Waals surface area contributed by atoms with Crippen LogP contribution in [0.2, 0.25) is 0 Å².